The highest BCUT2D eigenvalue weighted by Gasteiger charge is 2.23. The van der Waals surface area contributed by atoms with Gasteiger partial charge in [-0.3, -0.25) is 4.79 Å². The van der Waals surface area contributed by atoms with Gasteiger partial charge in [-0.25, -0.2) is 4.98 Å². The Labute approximate surface area is 155 Å². The number of imidazole rings is 1. The summed E-state index contributed by atoms with van der Waals surface area (Å²) >= 11 is 0. The number of rotatable bonds is 7. The highest BCUT2D eigenvalue weighted by molar-refractivity contribution is 5.76. The summed E-state index contributed by atoms with van der Waals surface area (Å²) < 4.78 is 2.05. The average Bonchev–Trinajstić information content (AvgIpc) is 3.26. The van der Waals surface area contributed by atoms with E-state index in [9.17, 15) is 4.79 Å². The number of hydrogen-bond donors (Lipinski definition) is 1. The zero-order chi connectivity index (χ0) is 18.5. The number of likely N-dealkylation sites (N-methyl/N-ethyl adjacent to an activating group) is 2. The molecule has 0 spiro atoms. The number of aromatic nitrogens is 2. The van der Waals surface area contributed by atoms with Crippen molar-refractivity contribution < 1.29 is 4.79 Å². The molecule has 6 nitrogen and oxygen atoms in total. The molecule has 0 bridgehead atoms. The van der Waals surface area contributed by atoms with E-state index in [-0.39, 0.29) is 5.91 Å². The third kappa shape index (κ3) is 4.51. The SMILES string of the molecule is Cc1nccn1-c1ccccc1CNC(=O)CCN(C)[C@H]1CCN(C)C1. The maximum Gasteiger partial charge on any atom is 0.221 e. The number of nitrogens with zero attached hydrogens (tertiary/aromatic N) is 4. The maximum absolute atomic E-state index is 12.3. The molecule has 0 aliphatic carbocycles. The molecule has 1 fully saturated rings. The van der Waals surface area contributed by atoms with Crippen molar-refractivity contribution in [1.82, 2.24) is 24.7 Å². The summed E-state index contributed by atoms with van der Waals surface area (Å²) in [4.78, 5) is 21.2. The number of benzene rings is 1. The fourth-order valence-electron chi connectivity index (χ4n) is 3.54. The van der Waals surface area contributed by atoms with Crippen LogP contribution < -0.4 is 5.32 Å². The van der Waals surface area contributed by atoms with Crippen molar-refractivity contribution >= 4 is 5.91 Å². The Balaban J connectivity index is 1.51. The monoisotopic (exact) mass is 355 g/mol. The Morgan fingerprint density at radius 1 is 1.38 bits per heavy atom. The number of carbonyl (C=O) groups excluding carboxylic acids is 1. The zero-order valence-electron chi connectivity index (χ0n) is 16.0. The lowest BCUT2D eigenvalue weighted by molar-refractivity contribution is -0.121. The topological polar surface area (TPSA) is 53.4 Å². The first-order valence-electron chi connectivity index (χ1n) is 9.28. The molecule has 2 aromatic rings. The lowest BCUT2D eigenvalue weighted by Gasteiger charge is -2.23. The Hall–Kier alpha value is -2.18. The Bertz CT molecular complexity index is 741. The molecule has 1 saturated heterocycles. The summed E-state index contributed by atoms with van der Waals surface area (Å²) in [5.41, 5.74) is 2.15. The van der Waals surface area contributed by atoms with Crippen molar-refractivity contribution in [3.8, 4) is 5.69 Å². The molecule has 6 heteroatoms. The minimum absolute atomic E-state index is 0.0976. The van der Waals surface area contributed by atoms with Gasteiger partial charge < -0.3 is 19.7 Å². The number of nitrogens with one attached hydrogen (secondary N) is 1. The van der Waals surface area contributed by atoms with E-state index in [2.05, 4.69) is 46.3 Å². The van der Waals surface area contributed by atoms with Crippen LogP contribution in [0.4, 0.5) is 0 Å². The third-order valence-corrected chi connectivity index (χ3v) is 5.23. The average molecular weight is 355 g/mol. The summed E-state index contributed by atoms with van der Waals surface area (Å²) in [6, 6.07) is 8.68. The molecule has 0 radical (unpaired) electrons. The fourth-order valence-corrected chi connectivity index (χ4v) is 3.54. The van der Waals surface area contributed by atoms with Crippen LogP contribution in [0.5, 0.6) is 0 Å². The second kappa shape index (κ2) is 8.47. The van der Waals surface area contributed by atoms with Crippen LogP contribution in [-0.2, 0) is 11.3 Å². The highest BCUT2D eigenvalue weighted by atomic mass is 16.1. The van der Waals surface area contributed by atoms with Crippen LogP contribution in [0, 0.1) is 6.92 Å². The van der Waals surface area contributed by atoms with Gasteiger partial charge in [0, 0.05) is 44.5 Å². The molecule has 140 valence electrons. The summed E-state index contributed by atoms with van der Waals surface area (Å²) in [5, 5.41) is 3.07. The summed E-state index contributed by atoms with van der Waals surface area (Å²) in [6.45, 7) is 5.54. The van der Waals surface area contributed by atoms with Gasteiger partial charge in [0.05, 0.1) is 5.69 Å². The lowest BCUT2D eigenvalue weighted by atomic mass is 10.1. The highest BCUT2D eigenvalue weighted by Crippen LogP contribution is 2.16. The van der Waals surface area contributed by atoms with Gasteiger partial charge in [0.1, 0.15) is 5.82 Å². The predicted molar refractivity (Wildman–Crippen MR) is 103 cm³/mol. The van der Waals surface area contributed by atoms with Crippen LogP contribution in [0.3, 0.4) is 0 Å². The van der Waals surface area contributed by atoms with Crippen LogP contribution >= 0.6 is 0 Å². The van der Waals surface area contributed by atoms with Crippen LogP contribution in [0.1, 0.15) is 24.2 Å². The van der Waals surface area contributed by atoms with E-state index in [0.29, 0.717) is 19.0 Å². The van der Waals surface area contributed by atoms with Gasteiger partial charge >= 0.3 is 0 Å². The van der Waals surface area contributed by atoms with Crippen LogP contribution in [-0.4, -0.2) is 65.0 Å². The van der Waals surface area contributed by atoms with E-state index in [1.54, 1.807) is 6.20 Å². The Morgan fingerprint density at radius 2 is 2.19 bits per heavy atom. The van der Waals surface area contributed by atoms with Crippen molar-refractivity contribution in [2.75, 3.05) is 33.7 Å². The molecule has 0 unspecified atom stereocenters. The second-order valence-corrected chi connectivity index (χ2v) is 7.19. The maximum atomic E-state index is 12.3. The van der Waals surface area contributed by atoms with Gasteiger partial charge in [0.15, 0.2) is 0 Å². The van der Waals surface area contributed by atoms with Gasteiger partial charge in [0.2, 0.25) is 5.91 Å². The van der Waals surface area contributed by atoms with Crippen LogP contribution in [0.25, 0.3) is 5.69 Å². The van der Waals surface area contributed by atoms with Crippen molar-refractivity contribution in [1.29, 1.82) is 0 Å². The van der Waals surface area contributed by atoms with Gasteiger partial charge in [-0.2, -0.15) is 0 Å². The van der Waals surface area contributed by atoms with E-state index in [4.69, 9.17) is 0 Å². The first kappa shape index (κ1) is 18.6. The van der Waals surface area contributed by atoms with Gasteiger partial charge in [-0.05, 0) is 45.6 Å². The molecule has 0 saturated carbocycles. The molecule has 1 aromatic heterocycles. The number of aryl methyl sites for hydroxylation is 1. The molecule has 1 N–H and O–H groups in total. The molecule has 2 heterocycles. The van der Waals surface area contributed by atoms with Crippen molar-refractivity contribution in [3.63, 3.8) is 0 Å². The number of amides is 1. The van der Waals surface area contributed by atoms with Gasteiger partial charge in [-0.1, -0.05) is 18.2 Å². The molecule has 1 aromatic carbocycles. The van der Waals surface area contributed by atoms with E-state index in [0.717, 1.165) is 36.7 Å². The number of carbonyl (C=O) groups is 1. The fraction of sp³-hybridized carbons (Fsp3) is 0.500. The lowest BCUT2D eigenvalue weighted by Crippen LogP contribution is -2.36. The van der Waals surface area contributed by atoms with E-state index in [1.165, 1.54) is 6.42 Å². The molecule has 1 aliphatic heterocycles. The van der Waals surface area contributed by atoms with Gasteiger partial charge in [-0.15, -0.1) is 0 Å². The largest absolute Gasteiger partial charge is 0.352 e. The van der Waals surface area contributed by atoms with Crippen molar-refractivity contribution in [2.45, 2.75) is 32.4 Å². The Morgan fingerprint density at radius 3 is 2.88 bits per heavy atom. The summed E-state index contributed by atoms with van der Waals surface area (Å²) in [5.74, 6) is 1.03. The molecular formula is C20H29N5O. The van der Waals surface area contributed by atoms with Crippen molar-refractivity contribution in [2.24, 2.45) is 0 Å². The predicted octanol–water partition coefficient (Wildman–Crippen LogP) is 1.82. The second-order valence-electron chi connectivity index (χ2n) is 7.19. The smallest absolute Gasteiger partial charge is 0.221 e. The standard InChI is InChI=1S/C20H29N5O/c1-16-21-10-13-25(16)19-7-5-4-6-17(19)14-22-20(26)9-12-24(3)18-8-11-23(2)15-18/h4-7,10,13,18H,8-9,11-12,14-15H2,1-3H3,(H,22,26)/t18-/m0/s1. The zero-order valence-corrected chi connectivity index (χ0v) is 16.0. The van der Waals surface area contributed by atoms with E-state index >= 15 is 0 Å². The summed E-state index contributed by atoms with van der Waals surface area (Å²) in [6.07, 6.45) is 5.46. The number of hydrogen-bond acceptors (Lipinski definition) is 4. The normalized spacial score (nSPS) is 17.8. The third-order valence-electron chi connectivity index (χ3n) is 5.23. The van der Waals surface area contributed by atoms with Crippen LogP contribution in [0.15, 0.2) is 36.7 Å². The van der Waals surface area contributed by atoms with Gasteiger partial charge in [0.25, 0.3) is 0 Å². The Kier molecular flexibility index (Phi) is 6.06. The molecular weight excluding hydrogens is 326 g/mol. The van der Waals surface area contributed by atoms with E-state index in [1.807, 2.05) is 29.8 Å². The molecule has 1 amide bonds. The number of likely N-dealkylation sites (tertiary alicyclic amines) is 1. The summed E-state index contributed by atoms with van der Waals surface area (Å²) in [7, 11) is 4.27. The van der Waals surface area contributed by atoms with Crippen LogP contribution in [0.2, 0.25) is 0 Å². The first-order chi connectivity index (χ1) is 12.5. The minimum atomic E-state index is 0.0976. The van der Waals surface area contributed by atoms with Crippen molar-refractivity contribution in [3.05, 3.63) is 48.0 Å². The minimum Gasteiger partial charge on any atom is -0.352 e. The first-order valence-corrected chi connectivity index (χ1v) is 9.28. The molecule has 26 heavy (non-hydrogen) atoms. The number of para-hydroxylation sites is 1. The molecule has 1 atom stereocenters. The van der Waals surface area contributed by atoms with E-state index < -0.39 is 0 Å². The molecule has 1 aliphatic rings. The molecule has 3 rings (SSSR count). The quantitative estimate of drug-likeness (QED) is 0.823.